The lowest BCUT2D eigenvalue weighted by molar-refractivity contribution is 0.597. The highest BCUT2D eigenvalue weighted by Gasteiger charge is 2.08. The van der Waals surface area contributed by atoms with E-state index in [1.54, 1.807) is 12.1 Å². The Bertz CT molecular complexity index is 854. The maximum atomic E-state index is 11.4. The van der Waals surface area contributed by atoms with Crippen molar-refractivity contribution < 1.29 is 8.42 Å². The van der Waals surface area contributed by atoms with Gasteiger partial charge in [0.1, 0.15) is 0 Å². The first-order valence-electron chi connectivity index (χ1n) is 8.08. The predicted molar refractivity (Wildman–Crippen MR) is 116 cm³/mol. The molecule has 26 heavy (non-hydrogen) atoms. The zero-order chi connectivity index (χ0) is 18.3. The van der Waals surface area contributed by atoms with Gasteiger partial charge < -0.3 is 10.6 Å². The second-order valence-electron chi connectivity index (χ2n) is 5.73. The van der Waals surface area contributed by atoms with E-state index < -0.39 is 10.0 Å². The van der Waals surface area contributed by atoms with Crippen LogP contribution >= 0.6 is 24.0 Å². The summed E-state index contributed by atoms with van der Waals surface area (Å²) in [5, 5.41) is 11.6. The van der Waals surface area contributed by atoms with Crippen molar-refractivity contribution >= 4 is 40.0 Å². The number of hydrogen-bond acceptors (Lipinski definition) is 3. The molecular weight excluding hydrogens is 463 g/mol. The normalized spacial score (nSPS) is 11.6. The van der Waals surface area contributed by atoms with Crippen LogP contribution in [0.3, 0.4) is 0 Å². The van der Waals surface area contributed by atoms with E-state index in [1.165, 1.54) is 11.6 Å². The molecule has 0 saturated carbocycles. The minimum Gasteiger partial charge on any atom is -0.357 e. The summed E-state index contributed by atoms with van der Waals surface area (Å²) in [7, 11) is -3.70. The molecule has 0 aromatic heterocycles. The third-order valence-electron chi connectivity index (χ3n) is 3.53. The van der Waals surface area contributed by atoms with Crippen LogP contribution in [-0.2, 0) is 23.1 Å². The Morgan fingerprint density at radius 3 is 2.42 bits per heavy atom. The predicted octanol–water partition coefficient (Wildman–Crippen LogP) is 2.52. The van der Waals surface area contributed by atoms with Crippen LogP contribution in [0.15, 0.2) is 58.4 Å². The van der Waals surface area contributed by atoms with Crippen molar-refractivity contribution in [3.05, 3.63) is 65.2 Å². The summed E-state index contributed by atoms with van der Waals surface area (Å²) in [5.74, 6) is 0.671. The Hall–Kier alpha value is -1.65. The molecule has 0 aliphatic heterocycles. The van der Waals surface area contributed by atoms with Crippen LogP contribution in [0.2, 0.25) is 0 Å². The van der Waals surface area contributed by atoms with Gasteiger partial charge in [-0.15, -0.1) is 24.0 Å². The minimum absolute atomic E-state index is 0. The molecule has 0 amide bonds. The smallest absolute Gasteiger partial charge is 0.238 e. The number of nitrogens with zero attached hydrogens (tertiary/aromatic N) is 1. The molecule has 2 rings (SSSR count). The van der Waals surface area contributed by atoms with E-state index in [9.17, 15) is 8.42 Å². The van der Waals surface area contributed by atoms with Crippen molar-refractivity contribution in [3.63, 3.8) is 0 Å². The molecule has 2 aromatic rings. The topological polar surface area (TPSA) is 96.6 Å². The van der Waals surface area contributed by atoms with Gasteiger partial charge in [0, 0.05) is 13.1 Å². The third kappa shape index (κ3) is 7.30. The monoisotopic (exact) mass is 488 g/mol. The number of aliphatic imine (C=N–C) groups is 1. The Morgan fingerprint density at radius 1 is 1.08 bits per heavy atom. The number of nitrogens with two attached hydrogens (primary N) is 1. The number of guanidine groups is 1. The van der Waals surface area contributed by atoms with Gasteiger partial charge in [0.05, 0.1) is 11.4 Å². The molecule has 6 nitrogen and oxygen atoms in total. The number of aryl methyl sites for hydroxylation is 1. The summed E-state index contributed by atoms with van der Waals surface area (Å²) in [4.78, 5) is 4.67. The van der Waals surface area contributed by atoms with E-state index >= 15 is 0 Å². The van der Waals surface area contributed by atoms with Crippen molar-refractivity contribution in [2.75, 3.05) is 6.54 Å². The van der Waals surface area contributed by atoms with Crippen LogP contribution in [-0.4, -0.2) is 20.9 Å². The maximum absolute atomic E-state index is 11.4. The molecule has 4 N–H and O–H groups in total. The fraction of sp³-hybridized carbons (Fsp3) is 0.278. The van der Waals surface area contributed by atoms with E-state index in [-0.39, 0.29) is 28.9 Å². The summed E-state index contributed by atoms with van der Waals surface area (Å²) < 4.78 is 22.9. The highest BCUT2D eigenvalue weighted by molar-refractivity contribution is 14.0. The van der Waals surface area contributed by atoms with Gasteiger partial charge in [-0.05, 0) is 37.1 Å². The highest BCUT2D eigenvalue weighted by atomic mass is 127. The zero-order valence-electron chi connectivity index (χ0n) is 14.9. The number of benzene rings is 2. The first-order chi connectivity index (χ1) is 11.9. The minimum atomic E-state index is -3.70. The van der Waals surface area contributed by atoms with Crippen LogP contribution in [0.1, 0.15) is 23.6 Å². The Labute approximate surface area is 172 Å². The van der Waals surface area contributed by atoms with Gasteiger partial charge >= 0.3 is 0 Å². The average Bonchev–Trinajstić information content (AvgIpc) is 2.57. The first kappa shape index (κ1) is 22.4. The Balaban J connectivity index is 0.00000338. The average molecular weight is 488 g/mol. The summed E-state index contributed by atoms with van der Waals surface area (Å²) >= 11 is 0. The van der Waals surface area contributed by atoms with Gasteiger partial charge in [0.25, 0.3) is 0 Å². The van der Waals surface area contributed by atoms with Gasteiger partial charge in [-0.3, -0.25) is 0 Å². The van der Waals surface area contributed by atoms with Gasteiger partial charge in [0.2, 0.25) is 10.0 Å². The highest BCUT2D eigenvalue weighted by Crippen LogP contribution is 2.09. The van der Waals surface area contributed by atoms with Crippen LogP contribution in [0, 0.1) is 6.92 Å². The van der Waals surface area contributed by atoms with Crippen molar-refractivity contribution in [2.24, 2.45) is 10.1 Å². The second kappa shape index (κ2) is 10.5. The Morgan fingerprint density at radius 2 is 1.77 bits per heavy atom. The molecule has 0 heterocycles. The molecule has 0 atom stereocenters. The van der Waals surface area contributed by atoms with E-state index in [0.29, 0.717) is 19.0 Å². The van der Waals surface area contributed by atoms with Gasteiger partial charge in [-0.25, -0.2) is 18.5 Å². The van der Waals surface area contributed by atoms with E-state index in [1.807, 2.05) is 25.1 Å². The molecule has 0 saturated heterocycles. The molecule has 0 radical (unpaired) electrons. The fourth-order valence-corrected chi connectivity index (χ4v) is 2.92. The van der Waals surface area contributed by atoms with Crippen LogP contribution in [0.4, 0.5) is 0 Å². The number of hydrogen-bond donors (Lipinski definition) is 3. The van der Waals surface area contributed by atoms with Crippen molar-refractivity contribution in [1.82, 2.24) is 10.6 Å². The third-order valence-corrected chi connectivity index (χ3v) is 4.44. The SMILES string of the molecule is CCNC(=NCc1cccc(C)c1)NCc1cccc(S(N)(=O)=O)c1.I. The summed E-state index contributed by atoms with van der Waals surface area (Å²) in [6.07, 6.45) is 0. The second-order valence-corrected chi connectivity index (χ2v) is 7.29. The number of halogens is 1. The van der Waals surface area contributed by atoms with Crippen molar-refractivity contribution in [2.45, 2.75) is 31.8 Å². The van der Waals surface area contributed by atoms with Crippen LogP contribution < -0.4 is 15.8 Å². The molecule has 0 aliphatic carbocycles. The summed E-state index contributed by atoms with van der Waals surface area (Å²) in [6.45, 7) is 5.79. The van der Waals surface area contributed by atoms with E-state index in [2.05, 4.69) is 34.7 Å². The molecular formula is C18H25IN4O2S. The van der Waals surface area contributed by atoms with Crippen molar-refractivity contribution in [3.8, 4) is 0 Å². The number of primary sulfonamides is 1. The molecule has 0 spiro atoms. The lowest BCUT2D eigenvalue weighted by Gasteiger charge is -2.12. The van der Waals surface area contributed by atoms with Gasteiger partial charge in [-0.1, -0.05) is 42.0 Å². The lowest BCUT2D eigenvalue weighted by atomic mass is 10.1. The van der Waals surface area contributed by atoms with Crippen LogP contribution in [0.25, 0.3) is 0 Å². The number of sulfonamides is 1. The molecule has 8 heteroatoms. The molecule has 0 fully saturated rings. The van der Waals surface area contributed by atoms with E-state index in [0.717, 1.165) is 17.7 Å². The largest absolute Gasteiger partial charge is 0.357 e. The quantitative estimate of drug-likeness (QED) is 0.331. The van der Waals surface area contributed by atoms with Crippen molar-refractivity contribution in [1.29, 1.82) is 0 Å². The van der Waals surface area contributed by atoms with Gasteiger partial charge in [-0.2, -0.15) is 0 Å². The molecule has 2 aromatic carbocycles. The van der Waals surface area contributed by atoms with Crippen LogP contribution in [0.5, 0.6) is 0 Å². The molecule has 142 valence electrons. The molecule has 0 aliphatic rings. The number of nitrogens with one attached hydrogen (secondary N) is 2. The fourth-order valence-electron chi connectivity index (χ4n) is 2.34. The molecule has 0 bridgehead atoms. The molecule has 0 unspecified atom stereocenters. The van der Waals surface area contributed by atoms with Gasteiger partial charge in [0.15, 0.2) is 5.96 Å². The standard InChI is InChI=1S/C18H24N4O2S.HI/c1-3-20-18(21-12-15-7-4-6-14(2)10-15)22-13-16-8-5-9-17(11-16)25(19,23)24;/h4-11H,3,12-13H2,1-2H3,(H2,19,23,24)(H2,20,21,22);1H. The van der Waals surface area contributed by atoms with E-state index in [4.69, 9.17) is 5.14 Å². The summed E-state index contributed by atoms with van der Waals surface area (Å²) in [6, 6.07) is 14.8. The number of rotatable bonds is 6. The first-order valence-corrected chi connectivity index (χ1v) is 9.62. The maximum Gasteiger partial charge on any atom is 0.238 e. The summed E-state index contributed by atoms with van der Waals surface area (Å²) in [5.41, 5.74) is 3.14. The Kier molecular flexibility index (Phi) is 9.03. The lowest BCUT2D eigenvalue weighted by Crippen LogP contribution is -2.36. The zero-order valence-corrected chi connectivity index (χ0v) is 18.0.